The number of rotatable bonds is 15. The number of carbonyl (C=O) groups is 4. The molecule has 0 aromatic heterocycles. The van der Waals surface area contributed by atoms with Gasteiger partial charge in [0.2, 0.25) is 0 Å². The first-order valence-corrected chi connectivity index (χ1v) is 22.9. The van der Waals surface area contributed by atoms with Crippen molar-refractivity contribution in [1.82, 2.24) is 0 Å². The number of carbonyl (C=O) groups excluding carboxylic acids is 4. The van der Waals surface area contributed by atoms with Crippen molar-refractivity contribution in [2.24, 2.45) is 21.7 Å². The molecule has 0 atom stereocenters. The molecule has 0 aliphatic heterocycles. The highest BCUT2D eigenvalue weighted by Gasteiger charge is 2.30. The van der Waals surface area contributed by atoms with Crippen LogP contribution in [-0.2, 0) is 53.2 Å². The molecule has 0 unspecified atom stereocenters. The number of benzene rings is 5. The number of fused-ring (bicyclic) bond motifs is 1. The summed E-state index contributed by atoms with van der Waals surface area (Å²) in [5.74, 6) is -1.26. The topological polar surface area (TPSA) is 227 Å². The zero-order valence-corrected chi connectivity index (χ0v) is 42.1. The van der Waals surface area contributed by atoms with E-state index in [-0.39, 0.29) is 83.9 Å². The molecule has 0 heterocycles. The van der Waals surface area contributed by atoms with Crippen LogP contribution < -0.4 is 4.74 Å². The number of aromatic hydroxyl groups is 6. The number of hydrogen-bond acceptors (Lipinski definition) is 14. The summed E-state index contributed by atoms with van der Waals surface area (Å²) in [6.45, 7) is 23.1. The largest absolute Gasteiger partial charge is 0.508 e. The highest BCUT2D eigenvalue weighted by Crippen LogP contribution is 2.32. The first kappa shape index (κ1) is 58.2. The second-order valence-electron chi connectivity index (χ2n) is 19.1. The minimum atomic E-state index is -0.562. The Balaban J connectivity index is 0.000000317. The normalized spacial score (nSPS) is 11.3. The van der Waals surface area contributed by atoms with Gasteiger partial charge in [-0.1, -0.05) is 64.1 Å². The minimum absolute atomic E-state index is 0.0934. The second kappa shape index (κ2) is 26.0. The predicted octanol–water partition coefficient (Wildman–Crippen LogP) is 11.9. The lowest BCUT2D eigenvalue weighted by molar-refractivity contribution is -0.156. The van der Waals surface area contributed by atoms with Crippen molar-refractivity contribution in [3.63, 3.8) is 0 Å². The van der Waals surface area contributed by atoms with Crippen LogP contribution >= 0.6 is 0 Å². The summed E-state index contributed by atoms with van der Waals surface area (Å²) in [5, 5.41) is 57.2. The van der Waals surface area contributed by atoms with Crippen LogP contribution in [0.2, 0.25) is 0 Å². The number of ether oxygens (including phenoxy) is 4. The molecule has 0 saturated heterocycles. The van der Waals surface area contributed by atoms with Crippen LogP contribution in [0.1, 0.15) is 125 Å². The fourth-order valence-electron chi connectivity index (χ4n) is 5.05. The molecule has 0 saturated carbocycles. The molecule has 6 N–H and O–H groups in total. The average Bonchev–Trinajstić information content (AvgIpc) is 3.32. The Bertz CT molecular complexity index is 2470. The molecule has 0 radical (unpaired) electrons. The van der Waals surface area contributed by atoms with E-state index in [1.165, 1.54) is 30.3 Å². The van der Waals surface area contributed by atoms with Gasteiger partial charge in [-0.2, -0.15) is 0 Å². The first-order chi connectivity index (χ1) is 32.1. The maximum atomic E-state index is 11.9. The highest BCUT2D eigenvalue weighted by molar-refractivity contribution is 5.84. The smallest absolute Gasteiger partial charge is 0.316 e. The van der Waals surface area contributed by atoms with Crippen molar-refractivity contribution in [3.05, 3.63) is 114 Å². The highest BCUT2D eigenvalue weighted by atomic mass is 16.5. The molecule has 5 aromatic carbocycles. The van der Waals surface area contributed by atoms with Crippen LogP contribution in [0.15, 0.2) is 97.1 Å². The zero-order valence-electron chi connectivity index (χ0n) is 42.1. The third-order valence-electron chi connectivity index (χ3n) is 11.9. The number of phenols is 6. The van der Waals surface area contributed by atoms with Gasteiger partial charge in [0.05, 0.1) is 21.7 Å². The number of hydrogen-bond donors (Lipinski definition) is 6. The molecule has 14 nitrogen and oxygen atoms in total. The van der Waals surface area contributed by atoms with Crippen LogP contribution in [0, 0.1) is 21.7 Å². The lowest BCUT2D eigenvalue weighted by Crippen LogP contribution is -2.28. The minimum Gasteiger partial charge on any atom is -0.508 e. The van der Waals surface area contributed by atoms with Gasteiger partial charge >= 0.3 is 23.9 Å². The van der Waals surface area contributed by atoms with Crippen LogP contribution in [0.3, 0.4) is 0 Å². The summed E-state index contributed by atoms with van der Waals surface area (Å²) in [6.07, 6.45) is 2.87. The van der Waals surface area contributed by atoms with E-state index in [4.69, 9.17) is 34.3 Å². The van der Waals surface area contributed by atoms with E-state index in [1.807, 2.05) is 93.5 Å². The van der Waals surface area contributed by atoms with Crippen molar-refractivity contribution >= 4 is 34.6 Å². The second-order valence-corrected chi connectivity index (χ2v) is 19.1. The third kappa shape index (κ3) is 18.9. The lowest BCUT2D eigenvalue weighted by atomic mass is 9.91. The van der Waals surface area contributed by atoms with Gasteiger partial charge in [-0.15, -0.1) is 0 Å². The van der Waals surface area contributed by atoms with Crippen LogP contribution in [-0.4, -0.2) is 54.5 Å². The maximum Gasteiger partial charge on any atom is 0.316 e. The van der Waals surface area contributed by atoms with Gasteiger partial charge in [0.25, 0.3) is 0 Å². The Morgan fingerprint density at radius 3 is 1.17 bits per heavy atom. The predicted molar refractivity (Wildman–Crippen MR) is 265 cm³/mol. The summed E-state index contributed by atoms with van der Waals surface area (Å²) in [7, 11) is 0. The molecule has 0 bridgehead atoms. The fraction of sp³-hybridized carbons (Fsp3) is 0.418. The van der Waals surface area contributed by atoms with E-state index in [0.717, 1.165) is 34.7 Å². The number of esters is 4. The quantitative estimate of drug-likeness (QED) is 0.0248. The van der Waals surface area contributed by atoms with E-state index in [2.05, 4.69) is 0 Å². The lowest BCUT2D eigenvalue weighted by Gasteiger charge is -2.20. The average molecular weight is 957 g/mol. The van der Waals surface area contributed by atoms with Crippen molar-refractivity contribution < 1.29 is 68.8 Å². The maximum absolute atomic E-state index is 11.9. The fourth-order valence-corrected chi connectivity index (χ4v) is 5.05. The van der Waals surface area contributed by atoms with Crippen LogP contribution in [0.25, 0.3) is 10.8 Å². The van der Waals surface area contributed by atoms with E-state index in [0.29, 0.717) is 18.4 Å². The van der Waals surface area contributed by atoms with Crippen LogP contribution in [0.4, 0.5) is 0 Å². The Labute approximate surface area is 406 Å². The van der Waals surface area contributed by atoms with Gasteiger partial charge in [-0.05, 0) is 163 Å². The summed E-state index contributed by atoms with van der Waals surface area (Å²) >= 11 is 0. The van der Waals surface area contributed by atoms with Crippen molar-refractivity contribution in [1.29, 1.82) is 0 Å². The monoisotopic (exact) mass is 956 g/mol. The Morgan fingerprint density at radius 2 is 0.725 bits per heavy atom. The first-order valence-electron chi connectivity index (χ1n) is 22.9. The molecule has 5 rings (SSSR count). The van der Waals surface area contributed by atoms with Gasteiger partial charge < -0.3 is 49.6 Å². The van der Waals surface area contributed by atoms with E-state index >= 15 is 0 Å². The van der Waals surface area contributed by atoms with Gasteiger partial charge in [-0.3, -0.25) is 19.2 Å². The SMILES string of the molecule is CCC(C)(C)C(=O)OCc1ccc(O)c(O)c1.CCC(C)(C)C(=O)OCc1ccc(O)cc1.CCC(C)(C)C(=O)OCc1ccc2cc(O)ccc2c1.CCC(C)(C)C(=O)Oc1ccc(O)c(O)c1. The Kier molecular flexibility index (Phi) is 21.9. The van der Waals surface area contributed by atoms with Gasteiger partial charge in [0.15, 0.2) is 23.0 Å². The Hall–Kier alpha value is -6.96. The molecule has 376 valence electrons. The van der Waals surface area contributed by atoms with E-state index in [1.54, 1.807) is 56.3 Å². The molecular weight excluding hydrogens is 885 g/mol. The summed E-state index contributed by atoms with van der Waals surface area (Å²) < 4.78 is 20.8. The van der Waals surface area contributed by atoms with Gasteiger partial charge in [0, 0.05) is 6.07 Å². The standard InChI is InChI=1S/C17H20O3.C13H18O4.C13H18O3.C12H16O4/c1-4-17(2,3)16(19)20-11-12-5-6-14-10-15(18)8-7-13(14)9-12;1-4-13(2,3)12(16)17-8-9-5-6-10(14)11(15)7-9;1-4-13(2,3)12(15)16-9-10-5-7-11(14)8-6-10;1-4-12(2,3)11(15)16-8-5-6-9(13)10(14)7-8/h5-10,18H,4,11H2,1-3H3;5-7,14-15H,4,8H2,1-3H3;5-8,14H,4,9H2,1-3H3;5-7,13-14H,4H2,1-3H3. The summed E-state index contributed by atoms with van der Waals surface area (Å²) in [5.41, 5.74) is 0.522. The molecule has 5 aromatic rings. The summed E-state index contributed by atoms with van der Waals surface area (Å²) in [6, 6.07) is 25.9. The molecule has 14 heteroatoms. The molecule has 0 amide bonds. The Morgan fingerprint density at radius 1 is 0.377 bits per heavy atom. The number of phenolic OH excluding ortho intramolecular Hbond substituents is 6. The summed E-state index contributed by atoms with van der Waals surface area (Å²) in [4.78, 5) is 47.0. The van der Waals surface area contributed by atoms with E-state index < -0.39 is 21.7 Å². The molecule has 0 spiro atoms. The molecule has 0 aliphatic carbocycles. The van der Waals surface area contributed by atoms with Gasteiger partial charge in [0.1, 0.15) is 37.1 Å². The zero-order chi connectivity index (χ0) is 52.3. The van der Waals surface area contributed by atoms with Gasteiger partial charge in [-0.25, -0.2) is 0 Å². The molecule has 0 aliphatic rings. The molecular formula is C55H72O14. The molecule has 69 heavy (non-hydrogen) atoms. The van der Waals surface area contributed by atoms with E-state index in [9.17, 15) is 34.5 Å². The van der Waals surface area contributed by atoms with Crippen molar-refractivity contribution in [2.75, 3.05) is 0 Å². The molecule has 0 fully saturated rings. The van der Waals surface area contributed by atoms with Crippen molar-refractivity contribution in [2.45, 2.75) is 129 Å². The van der Waals surface area contributed by atoms with Crippen molar-refractivity contribution in [3.8, 4) is 40.2 Å². The van der Waals surface area contributed by atoms with Crippen LogP contribution in [0.5, 0.6) is 40.2 Å². The third-order valence-corrected chi connectivity index (χ3v) is 11.9.